The summed E-state index contributed by atoms with van der Waals surface area (Å²) < 4.78 is 5.31. The number of hydrogen-bond donors (Lipinski definition) is 0. The molecule has 7 nitrogen and oxygen atoms in total. The molecule has 1 unspecified atom stereocenters. The van der Waals surface area contributed by atoms with Gasteiger partial charge >= 0.3 is 0 Å². The predicted molar refractivity (Wildman–Crippen MR) is 101 cm³/mol. The first kappa shape index (κ1) is 18.4. The second kappa shape index (κ2) is 8.35. The quantitative estimate of drug-likeness (QED) is 0.669. The average Bonchev–Trinajstić information content (AvgIpc) is 2.73. The largest absolute Gasteiger partial charge is 0.477 e. The third-order valence-electron chi connectivity index (χ3n) is 4.27. The number of carbonyl (C=O) groups is 1. The standard InChI is InChI=1S/C20H21N5O2/c1-4-27-19-9-8-18(23-24-19)15-6-5-7-16(12-15)20(26)25(3)14(2)17-10-11-21-13-22-17/h5-14H,4H2,1-3H3. The molecule has 1 aromatic carbocycles. The minimum absolute atomic E-state index is 0.0955. The van der Waals surface area contributed by atoms with Gasteiger partial charge in [0.05, 0.1) is 24.0 Å². The van der Waals surface area contributed by atoms with Crippen molar-refractivity contribution >= 4 is 5.91 Å². The van der Waals surface area contributed by atoms with Crippen LogP contribution in [0, 0.1) is 0 Å². The lowest BCUT2D eigenvalue weighted by atomic mass is 10.1. The Kier molecular flexibility index (Phi) is 5.71. The third-order valence-corrected chi connectivity index (χ3v) is 4.27. The van der Waals surface area contributed by atoms with E-state index < -0.39 is 0 Å². The van der Waals surface area contributed by atoms with E-state index in [1.54, 1.807) is 36.3 Å². The molecule has 1 amide bonds. The number of hydrogen-bond acceptors (Lipinski definition) is 6. The molecule has 7 heteroatoms. The zero-order chi connectivity index (χ0) is 19.2. The van der Waals surface area contributed by atoms with Gasteiger partial charge in [0.15, 0.2) is 0 Å². The molecule has 27 heavy (non-hydrogen) atoms. The van der Waals surface area contributed by atoms with Gasteiger partial charge in [-0.3, -0.25) is 4.79 Å². The maximum Gasteiger partial charge on any atom is 0.254 e. The molecular weight excluding hydrogens is 342 g/mol. The molecule has 0 N–H and O–H groups in total. The van der Waals surface area contributed by atoms with Gasteiger partial charge in [-0.25, -0.2) is 9.97 Å². The second-order valence-corrected chi connectivity index (χ2v) is 6.00. The van der Waals surface area contributed by atoms with Crippen LogP contribution in [0.3, 0.4) is 0 Å². The SMILES string of the molecule is CCOc1ccc(-c2cccc(C(=O)N(C)C(C)c3ccncn3)c2)nn1. The van der Waals surface area contributed by atoms with Gasteiger partial charge in [0.25, 0.3) is 5.91 Å². The van der Waals surface area contributed by atoms with Crippen LogP contribution in [0.15, 0.2) is 55.0 Å². The molecule has 0 aliphatic heterocycles. The lowest BCUT2D eigenvalue weighted by Crippen LogP contribution is -2.30. The third kappa shape index (κ3) is 4.25. The lowest BCUT2D eigenvalue weighted by molar-refractivity contribution is 0.0739. The molecule has 2 aromatic heterocycles. The Morgan fingerprint density at radius 2 is 2.04 bits per heavy atom. The number of benzene rings is 1. The molecule has 0 bridgehead atoms. The van der Waals surface area contributed by atoms with Gasteiger partial charge in [0, 0.05) is 30.4 Å². The summed E-state index contributed by atoms with van der Waals surface area (Å²) in [6.07, 6.45) is 3.15. The van der Waals surface area contributed by atoms with Crippen LogP contribution in [0.2, 0.25) is 0 Å². The van der Waals surface area contributed by atoms with Crippen LogP contribution in [-0.4, -0.2) is 44.6 Å². The van der Waals surface area contributed by atoms with Crippen molar-refractivity contribution in [1.82, 2.24) is 25.1 Å². The summed E-state index contributed by atoms with van der Waals surface area (Å²) in [5, 5.41) is 8.22. The zero-order valence-corrected chi connectivity index (χ0v) is 15.5. The van der Waals surface area contributed by atoms with Gasteiger partial charge in [-0.2, -0.15) is 0 Å². The predicted octanol–water partition coefficient (Wildman–Crippen LogP) is 3.17. The fraction of sp³-hybridized carbons (Fsp3) is 0.250. The summed E-state index contributed by atoms with van der Waals surface area (Å²) in [7, 11) is 1.76. The second-order valence-electron chi connectivity index (χ2n) is 6.00. The van der Waals surface area contributed by atoms with Gasteiger partial charge in [-0.15, -0.1) is 10.2 Å². The van der Waals surface area contributed by atoms with E-state index in [4.69, 9.17) is 4.74 Å². The summed E-state index contributed by atoms with van der Waals surface area (Å²) in [6, 6.07) is 12.6. The van der Waals surface area contributed by atoms with E-state index in [-0.39, 0.29) is 11.9 Å². The number of nitrogens with zero attached hydrogens (tertiary/aromatic N) is 5. The summed E-state index contributed by atoms with van der Waals surface area (Å²) in [5.74, 6) is 0.383. The van der Waals surface area contributed by atoms with E-state index in [0.717, 1.165) is 11.3 Å². The van der Waals surface area contributed by atoms with Crippen LogP contribution >= 0.6 is 0 Å². The van der Waals surface area contributed by atoms with E-state index in [1.165, 1.54) is 6.33 Å². The molecule has 0 radical (unpaired) electrons. The van der Waals surface area contributed by atoms with Gasteiger partial charge in [0.1, 0.15) is 6.33 Å². The van der Waals surface area contributed by atoms with Gasteiger partial charge in [-0.05, 0) is 38.1 Å². The Balaban J connectivity index is 1.81. The lowest BCUT2D eigenvalue weighted by Gasteiger charge is -2.24. The Labute approximate surface area is 158 Å². The smallest absolute Gasteiger partial charge is 0.254 e. The number of ether oxygens (including phenoxy) is 1. The molecule has 0 saturated carbocycles. The zero-order valence-electron chi connectivity index (χ0n) is 15.5. The van der Waals surface area contributed by atoms with E-state index in [1.807, 2.05) is 38.1 Å². The van der Waals surface area contributed by atoms with Gasteiger partial charge < -0.3 is 9.64 Å². The number of carbonyl (C=O) groups excluding carboxylic acids is 1. The van der Waals surface area contributed by atoms with Crippen LogP contribution in [0.4, 0.5) is 0 Å². The number of rotatable bonds is 6. The molecule has 3 rings (SSSR count). The number of aromatic nitrogens is 4. The minimum Gasteiger partial charge on any atom is -0.477 e. The molecule has 0 saturated heterocycles. The highest BCUT2D eigenvalue weighted by Gasteiger charge is 2.20. The van der Waals surface area contributed by atoms with Crippen LogP contribution < -0.4 is 4.74 Å². The maximum atomic E-state index is 12.9. The summed E-state index contributed by atoms with van der Waals surface area (Å²) in [6.45, 7) is 4.36. The molecule has 1 atom stereocenters. The maximum absolute atomic E-state index is 12.9. The van der Waals surface area contributed by atoms with Crippen molar-refractivity contribution in [3.8, 4) is 17.1 Å². The van der Waals surface area contributed by atoms with Crippen LogP contribution in [0.5, 0.6) is 5.88 Å². The molecule has 3 aromatic rings. The van der Waals surface area contributed by atoms with Crippen molar-refractivity contribution in [3.05, 3.63) is 66.2 Å². The highest BCUT2D eigenvalue weighted by molar-refractivity contribution is 5.95. The fourth-order valence-corrected chi connectivity index (χ4v) is 2.64. The number of amides is 1. The first-order chi connectivity index (χ1) is 13.1. The molecule has 0 aliphatic carbocycles. The van der Waals surface area contributed by atoms with E-state index in [9.17, 15) is 4.79 Å². The minimum atomic E-state index is -0.172. The topological polar surface area (TPSA) is 81.1 Å². The van der Waals surface area contributed by atoms with Gasteiger partial charge in [0.2, 0.25) is 5.88 Å². The van der Waals surface area contributed by atoms with Crippen molar-refractivity contribution in [1.29, 1.82) is 0 Å². The summed E-state index contributed by atoms with van der Waals surface area (Å²) in [4.78, 5) is 22.7. The Bertz CT molecular complexity index is 900. The van der Waals surface area contributed by atoms with Crippen molar-refractivity contribution in [2.24, 2.45) is 0 Å². The highest BCUT2D eigenvalue weighted by Crippen LogP contribution is 2.22. The Morgan fingerprint density at radius 3 is 2.70 bits per heavy atom. The van der Waals surface area contributed by atoms with Crippen LogP contribution in [0.25, 0.3) is 11.3 Å². The first-order valence-electron chi connectivity index (χ1n) is 8.70. The average molecular weight is 363 g/mol. The highest BCUT2D eigenvalue weighted by atomic mass is 16.5. The van der Waals surface area contributed by atoms with Crippen molar-refractivity contribution in [2.45, 2.75) is 19.9 Å². The van der Waals surface area contributed by atoms with E-state index >= 15 is 0 Å². The molecule has 138 valence electrons. The van der Waals surface area contributed by atoms with Gasteiger partial charge in [-0.1, -0.05) is 12.1 Å². The van der Waals surface area contributed by atoms with Crippen molar-refractivity contribution in [2.75, 3.05) is 13.7 Å². The van der Waals surface area contributed by atoms with Crippen LogP contribution in [-0.2, 0) is 0 Å². The molecule has 0 spiro atoms. The monoisotopic (exact) mass is 363 g/mol. The van der Waals surface area contributed by atoms with Crippen LogP contribution in [0.1, 0.15) is 35.9 Å². The molecule has 2 heterocycles. The Morgan fingerprint density at radius 1 is 1.19 bits per heavy atom. The van der Waals surface area contributed by atoms with Crippen molar-refractivity contribution in [3.63, 3.8) is 0 Å². The Hall–Kier alpha value is -3.35. The normalized spacial score (nSPS) is 11.7. The molecule has 0 fully saturated rings. The van der Waals surface area contributed by atoms with E-state index in [2.05, 4.69) is 20.2 Å². The fourth-order valence-electron chi connectivity index (χ4n) is 2.64. The van der Waals surface area contributed by atoms with Crippen molar-refractivity contribution < 1.29 is 9.53 Å². The van der Waals surface area contributed by atoms with E-state index in [0.29, 0.717) is 23.7 Å². The first-order valence-corrected chi connectivity index (χ1v) is 8.70. The summed E-state index contributed by atoms with van der Waals surface area (Å²) >= 11 is 0. The summed E-state index contributed by atoms with van der Waals surface area (Å²) in [5.41, 5.74) is 2.86. The molecular formula is C20H21N5O2. The molecule has 0 aliphatic rings.